The number of carbonyl (C=O) groups excluding carboxylic acids is 1. The van der Waals surface area contributed by atoms with Gasteiger partial charge in [-0.25, -0.2) is 0 Å². The van der Waals surface area contributed by atoms with E-state index in [1.807, 2.05) is 12.1 Å². The second kappa shape index (κ2) is 8.79. The van der Waals surface area contributed by atoms with Gasteiger partial charge in [-0.3, -0.25) is 9.69 Å². The fraction of sp³-hybridized carbons (Fsp3) is 0.381. The number of rotatable bonds is 7. The number of hydrogen-bond donors (Lipinski definition) is 2. The number of benzene rings is 2. The van der Waals surface area contributed by atoms with Crippen molar-refractivity contribution in [3.63, 3.8) is 0 Å². The maximum atomic E-state index is 11.5. The van der Waals surface area contributed by atoms with Crippen molar-refractivity contribution in [2.45, 2.75) is 31.8 Å². The molecule has 0 aromatic heterocycles. The van der Waals surface area contributed by atoms with Crippen molar-refractivity contribution >= 4 is 5.91 Å². The predicted molar refractivity (Wildman–Crippen MR) is 101 cm³/mol. The molecule has 0 aliphatic carbocycles. The molecule has 1 heterocycles. The van der Waals surface area contributed by atoms with Crippen molar-refractivity contribution < 1.29 is 4.79 Å². The summed E-state index contributed by atoms with van der Waals surface area (Å²) in [5.41, 5.74) is 8.54. The van der Waals surface area contributed by atoms with Crippen LogP contribution in [0.15, 0.2) is 54.6 Å². The number of nitrogens with one attached hydrogen (secondary N) is 1. The lowest BCUT2D eigenvalue weighted by molar-refractivity contribution is 0.1000. The van der Waals surface area contributed by atoms with Gasteiger partial charge in [-0.05, 0) is 55.6 Å². The van der Waals surface area contributed by atoms with Crippen LogP contribution in [-0.4, -0.2) is 36.5 Å². The van der Waals surface area contributed by atoms with Crippen LogP contribution in [0, 0.1) is 0 Å². The van der Waals surface area contributed by atoms with Crippen LogP contribution in [-0.2, 0) is 13.0 Å². The van der Waals surface area contributed by atoms with E-state index in [0.717, 1.165) is 38.2 Å². The van der Waals surface area contributed by atoms with E-state index in [4.69, 9.17) is 5.73 Å². The number of carbonyl (C=O) groups is 1. The van der Waals surface area contributed by atoms with E-state index in [1.54, 1.807) is 6.07 Å². The average molecular weight is 337 g/mol. The fourth-order valence-electron chi connectivity index (χ4n) is 3.54. The molecule has 2 aromatic rings. The summed E-state index contributed by atoms with van der Waals surface area (Å²) in [5, 5.41) is 3.44. The van der Waals surface area contributed by atoms with Crippen LogP contribution >= 0.6 is 0 Å². The molecular weight excluding hydrogens is 310 g/mol. The van der Waals surface area contributed by atoms with Gasteiger partial charge in [0.1, 0.15) is 0 Å². The summed E-state index contributed by atoms with van der Waals surface area (Å²) < 4.78 is 0. The Labute approximate surface area is 150 Å². The van der Waals surface area contributed by atoms with Gasteiger partial charge in [-0.2, -0.15) is 0 Å². The third-order valence-corrected chi connectivity index (χ3v) is 4.95. The summed E-state index contributed by atoms with van der Waals surface area (Å²) >= 11 is 0. The Kier molecular flexibility index (Phi) is 6.20. The minimum atomic E-state index is -0.362. The summed E-state index contributed by atoms with van der Waals surface area (Å²) in [6, 6.07) is 18.9. The Morgan fingerprint density at radius 3 is 2.48 bits per heavy atom. The Morgan fingerprint density at radius 2 is 1.76 bits per heavy atom. The van der Waals surface area contributed by atoms with Gasteiger partial charge in [-0.1, -0.05) is 42.5 Å². The van der Waals surface area contributed by atoms with Crippen LogP contribution in [0.4, 0.5) is 0 Å². The molecule has 0 saturated carbocycles. The average Bonchev–Trinajstić information content (AvgIpc) is 2.67. The summed E-state index contributed by atoms with van der Waals surface area (Å²) in [4.78, 5) is 14.0. The predicted octanol–water partition coefficient (Wildman–Crippen LogP) is 2.58. The number of hydrogen-bond acceptors (Lipinski definition) is 3. The number of nitrogens with zero attached hydrogens (tertiary/aromatic N) is 1. The van der Waals surface area contributed by atoms with Gasteiger partial charge in [0.25, 0.3) is 0 Å². The van der Waals surface area contributed by atoms with Crippen LogP contribution in [0.1, 0.15) is 34.3 Å². The second-order valence-electron chi connectivity index (χ2n) is 6.75. The molecule has 1 saturated heterocycles. The van der Waals surface area contributed by atoms with Crippen LogP contribution in [0.5, 0.6) is 0 Å². The van der Waals surface area contributed by atoms with E-state index in [2.05, 4.69) is 46.6 Å². The maximum Gasteiger partial charge on any atom is 0.248 e. The van der Waals surface area contributed by atoms with E-state index in [9.17, 15) is 4.79 Å². The van der Waals surface area contributed by atoms with Gasteiger partial charge in [0.05, 0.1) is 0 Å². The maximum absolute atomic E-state index is 11.5. The molecule has 2 aromatic carbocycles. The van der Waals surface area contributed by atoms with Gasteiger partial charge in [0.15, 0.2) is 0 Å². The topological polar surface area (TPSA) is 58.4 Å². The quantitative estimate of drug-likeness (QED) is 0.816. The number of nitrogens with two attached hydrogens (primary N) is 1. The molecule has 4 nitrogen and oxygen atoms in total. The highest BCUT2D eigenvalue weighted by molar-refractivity contribution is 5.92. The highest BCUT2D eigenvalue weighted by Gasteiger charge is 2.21. The van der Waals surface area contributed by atoms with Crippen molar-refractivity contribution in [2.24, 2.45) is 5.73 Å². The molecule has 1 amide bonds. The summed E-state index contributed by atoms with van der Waals surface area (Å²) in [5.74, 6) is -0.362. The second-order valence-corrected chi connectivity index (χ2v) is 6.75. The minimum absolute atomic E-state index is 0.362. The number of amides is 1. The van der Waals surface area contributed by atoms with Gasteiger partial charge in [0.2, 0.25) is 5.91 Å². The highest BCUT2D eigenvalue weighted by atomic mass is 16.1. The zero-order valence-electron chi connectivity index (χ0n) is 14.7. The SMILES string of the molecule is NC(=O)c1cccc(CN(CCc2ccccc2)C2CCNCC2)c1. The Bertz CT molecular complexity index is 681. The fourth-order valence-corrected chi connectivity index (χ4v) is 3.54. The zero-order valence-corrected chi connectivity index (χ0v) is 14.7. The van der Waals surface area contributed by atoms with Crippen LogP contribution in [0.2, 0.25) is 0 Å². The third kappa shape index (κ3) is 5.15. The van der Waals surface area contributed by atoms with Crippen molar-refractivity contribution in [3.8, 4) is 0 Å². The first kappa shape index (κ1) is 17.6. The molecule has 0 bridgehead atoms. The first-order chi connectivity index (χ1) is 12.2. The molecular formula is C21H27N3O. The summed E-state index contributed by atoms with van der Waals surface area (Å²) in [6.45, 7) is 4.04. The minimum Gasteiger partial charge on any atom is -0.366 e. The van der Waals surface area contributed by atoms with Crippen molar-refractivity contribution in [1.82, 2.24) is 10.2 Å². The molecule has 3 rings (SSSR count). The molecule has 4 heteroatoms. The first-order valence-corrected chi connectivity index (χ1v) is 9.10. The highest BCUT2D eigenvalue weighted by Crippen LogP contribution is 2.17. The molecule has 0 unspecified atom stereocenters. The van der Waals surface area contributed by atoms with E-state index in [-0.39, 0.29) is 5.91 Å². The third-order valence-electron chi connectivity index (χ3n) is 4.95. The van der Waals surface area contributed by atoms with Gasteiger partial charge in [-0.15, -0.1) is 0 Å². The van der Waals surface area contributed by atoms with E-state index in [1.165, 1.54) is 18.4 Å². The van der Waals surface area contributed by atoms with Gasteiger partial charge >= 0.3 is 0 Å². The number of piperidine rings is 1. The zero-order chi connectivity index (χ0) is 17.5. The van der Waals surface area contributed by atoms with Gasteiger partial charge in [0, 0.05) is 24.7 Å². The van der Waals surface area contributed by atoms with Crippen LogP contribution < -0.4 is 11.1 Å². The molecule has 132 valence electrons. The Balaban J connectivity index is 1.71. The molecule has 1 fully saturated rings. The van der Waals surface area contributed by atoms with Crippen LogP contribution in [0.25, 0.3) is 0 Å². The molecule has 1 aliphatic rings. The molecule has 0 spiro atoms. The van der Waals surface area contributed by atoms with Gasteiger partial charge < -0.3 is 11.1 Å². The number of primary amides is 1. The van der Waals surface area contributed by atoms with Crippen LogP contribution in [0.3, 0.4) is 0 Å². The Morgan fingerprint density at radius 1 is 1.04 bits per heavy atom. The monoisotopic (exact) mass is 337 g/mol. The molecule has 0 atom stereocenters. The smallest absolute Gasteiger partial charge is 0.248 e. The van der Waals surface area contributed by atoms with E-state index in [0.29, 0.717) is 11.6 Å². The molecule has 3 N–H and O–H groups in total. The standard InChI is InChI=1S/C21H27N3O/c22-21(25)19-8-4-7-18(15-19)16-24(20-9-12-23-13-10-20)14-11-17-5-2-1-3-6-17/h1-8,15,20,23H,9-14,16H2,(H2,22,25). The summed E-state index contributed by atoms with van der Waals surface area (Å²) in [7, 11) is 0. The van der Waals surface area contributed by atoms with E-state index < -0.39 is 0 Å². The lowest BCUT2D eigenvalue weighted by Crippen LogP contribution is -2.43. The summed E-state index contributed by atoms with van der Waals surface area (Å²) in [6.07, 6.45) is 3.38. The van der Waals surface area contributed by atoms with Crippen molar-refractivity contribution in [3.05, 3.63) is 71.3 Å². The largest absolute Gasteiger partial charge is 0.366 e. The lowest BCUT2D eigenvalue weighted by Gasteiger charge is -2.35. The molecule has 1 aliphatic heterocycles. The molecule has 25 heavy (non-hydrogen) atoms. The van der Waals surface area contributed by atoms with E-state index >= 15 is 0 Å². The van der Waals surface area contributed by atoms with Crippen molar-refractivity contribution in [2.75, 3.05) is 19.6 Å². The van der Waals surface area contributed by atoms with Crippen molar-refractivity contribution in [1.29, 1.82) is 0 Å². The first-order valence-electron chi connectivity index (χ1n) is 9.10. The molecule has 0 radical (unpaired) electrons. The Hall–Kier alpha value is -2.17. The lowest BCUT2D eigenvalue weighted by atomic mass is 10.0. The normalized spacial score (nSPS) is 15.4.